The second-order valence-corrected chi connectivity index (χ2v) is 3.95. The van der Waals surface area contributed by atoms with E-state index >= 15 is 0 Å². The van der Waals surface area contributed by atoms with Crippen LogP contribution in [0.25, 0.3) is 0 Å². The predicted octanol–water partition coefficient (Wildman–Crippen LogP) is 2.76. The summed E-state index contributed by atoms with van der Waals surface area (Å²) in [5, 5.41) is 0. The smallest absolute Gasteiger partial charge is 0.336 e. The molecule has 4 nitrogen and oxygen atoms in total. The first-order valence-corrected chi connectivity index (χ1v) is 6.27. The monoisotopic (exact) mass is 264 g/mol. The lowest BCUT2D eigenvalue weighted by atomic mass is 10.1. The van der Waals surface area contributed by atoms with Crippen LogP contribution in [0.15, 0.2) is 30.4 Å². The van der Waals surface area contributed by atoms with E-state index in [2.05, 4.69) is 13.5 Å². The van der Waals surface area contributed by atoms with Crippen LogP contribution in [0.5, 0.6) is 11.5 Å². The predicted molar refractivity (Wildman–Crippen MR) is 73.6 cm³/mol. The van der Waals surface area contributed by atoms with E-state index in [1.165, 1.54) is 0 Å². The van der Waals surface area contributed by atoms with Crippen LogP contribution in [-0.2, 0) is 16.0 Å². The number of ether oxygens (including phenoxy) is 3. The molecule has 0 unspecified atom stereocenters. The van der Waals surface area contributed by atoms with Crippen molar-refractivity contribution >= 4 is 5.97 Å². The van der Waals surface area contributed by atoms with E-state index in [0.29, 0.717) is 18.1 Å². The molecule has 0 saturated heterocycles. The topological polar surface area (TPSA) is 44.8 Å². The van der Waals surface area contributed by atoms with Crippen LogP contribution in [-0.4, -0.2) is 26.3 Å². The van der Waals surface area contributed by atoms with Gasteiger partial charge in [0.25, 0.3) is 0 Å². The third-order valence-corrected chi connectivity index (χ3v) is 2.60. The maximum atomic E-state index is 11.4. The lowest BCUT2D eigenvalue weighted by molar-refractivity contribution is -0.138. The number of esters is 1. The molecule has 0 aliphatic carbocycles. The molecule has 1 aromatic carbocycles. The Balaban J connectivity index is 2.67. The Bertz CT molecular complexity index is 451. The number of methoxy groups -OCH3 is 1. The summed E-state index contributed by atoms with van der Waals surface area (Å²) in [6.07, 6.45) is 0.923. The molecule has 1 aromatic rings. The fourth-order valence-electron chi connectivity index (χ4n) is 1.51. The molecule has 0 radical (unpaired) electrons. The summed E-state index contributed by atoms with van der Waals surface area (Å²) in [5.74, 6) is 0.799. The molecule has 104 valence electrons. The average Bonchev–Trinajstić information content (AvgIpc) is 2.44. The lowest BCUT2D eigenvalue weighted by Gasteiger charge is -2.12. The van der Waals surface area contributed by atoms with E-state index in [4.69, 9.17) is 14.2 Å². The Kier molecular flexibility index (Phi) is 5.93. The van der Waals surface area contributed by atoms with Crippen LogP contribution in [0.2, 0.25) is 0 Å². The fourth-order valence-corrected chi connectivity index (χ4v) is 1.51. The fraction of sp³-hybridized carbons (Fsp3) is 0.400. The van der Waals surface area contributed by atoms with E-state index in [1.54, 1.807) is 14.0 Å². The van der Waals surface area contributed by atoms with Gasteiger partial charge in [0.15, 0.2) is 11.5 Å². The zero-order chi connectivity index (χ0) is 14.3. The minimum atomic E-state index is -0.438. The molecule has 0 heterocycles. The van der Waals surface area contributed by atoms with Crippen molar-refractivity contribution in [2.24, 2.45) is 0 Å². The molecule has 0 saturated carbocycles. The van der Waals surface area contributed by atoms with Gasteiger partial charge in [0.2, 0.25) is 0 Å². The van der Waals surface area contributed by atoms with E-state index in [9.17, 15) is 4.79 Å². The molecule has 19 heavy (non-hydrogen) atoms. The normalized spacial score (nSPS) is 9.84. The minimum Gasteiger partial charge on any atom is -0.493 e. The number of rotatable bonds is 7. The molecule has 0 aromatic heterocycles. The largest absolute Gasteiger partial charge is 0.493 e. The SMILES string of the molecule is C=C(COc1ccc(CC)cc1OC)C(=O)OCC. The molecular weight excluding hydrogens is 244 g/mol. The molecule has 0 atom stereocenters. The van der Waals surface area contributed by atoms with E-state index in [0.717, 1.165) is 12.0 Å². The van der Waals surface area contributed by atoms with Gasteiger partial charge in [-0.2, -0.15) is 0 Å². The van der Waals surface area contributed by atoms with Gasteiger partial charge in [-0.15, -0.1) is 0 Å². The summed E-state index contributed by atoms with van der Waals surface area (Å²) >= 11 is 0. The van der Waals surface area contributed by atoms with Gasteiger partial charge in [-0.3, -0.25) is 0 Å². The molecule has 0 bridgehead atoms. The number of carbonyl (C=O) groups is 1. The quantitative estimate of drug-likeness (QED) is 0.561. The summed E-state index contributed by atoms with van der Waals surface area (Å²) in [5.41, 5.74) is 1.44. The van der Waals surface area contributed by atoms with E-state index < -0.39 is 5.97 Å². The summed E-state index contributed by atoms with van der Waals surface area (Å²) in [6.45, 7) is 7.86. The van der Waals surface area contributed by atoms with Gasteiger partial charge >= 0.3 is 5.97 Å². The van der Waals surface area contributed by atoms with Gasteiger partial charge in [0.1, 0.15) is 6.61 Å². The Labute approximate surface area is 114 Å². The maximum absolute atomic E-state index is 11.4. The first-order valence-electron chi connectivity index (χ1n) is 6.27. The van der Waals surface area contributed by atoms with Crippen molar-refractivity contribution in [2.75, 3.05) is 20.3 Å². The standard InChI is InChI=1S/C15H20O4/c1-5-12-7-8-13(14(9-12)17-4)19-10-11(3)15(16)18-6-2/h7-9H,3,5-6,10H2,1-2,4H3. The van der Waals surface area contributed by atoms with Crippen LogP contribution >= 0.6 is 0 Å². The highest BCUT2D eigenvalue weighted by atomic mass is 16.5. The van der Waals surface area contributed by atoms with Crippen molar-refractivity contribution < 1.29 is 19.0 Å². The second-order valence-electron chi connectivity index (χ2n) is 3.95. The minimum absolute atomic E-state index is 0.0840. The summed E-state index contributed by atoms with van der Waals surface area (Å²) in [7, 11) is 1.59. The van der Waals surface area contributed by atoms with Crippen LogP contribution in [0.4, 0.5) is 0 Å². The molecule has 0 aliphatic rings. The van der Waals surface area contributed by atoms with Crippen LogP contribution in [0.3, 0.4) is 0 Å². The van der Waals surface area contributed by atoms with Crippen LogP contribution in [0, 0.1) is 0 Å². The first-order chi connectivity index (χ1) is 9.12. The molecule has 0 spiro atoms. The van der Waals surface area contributed by atoms with E-state index in [-0.39, 0.29) is 12.2 Å². The highest BCUT2D eigenvalue weighted by molar-refractivity contribution is 5.88. The molecule has 0 aliphatic heterocycles. The van der Waals surface area contributed by atoms with Gasteiger partial charge in [0, 0.05) is 0 Å². The Morgan fingerprint density at radius 1 is 1.26 bits per heavy atom. The number of aryl methyl sites for hydroxylation is 1. The Hall–Kier alpha value is -1.97. The van der Waals surface area contributed by atoms with Gasteiger partial charge < -0.3 is 14.2 Å². The van der Waals surface area contributed by atoms with E-state index in [1.807, 2.05) is 18.2 Å². The van der Waals surface area contributed by atoms with Gasteiger partial charge in [0.05, 0.1) is 19.3 Å². The highest BCUT2D eigenvalue weighted by Crippen LogP contribution is 2.28. The maximum Gasteiger partial charge on any atom is 0.336 e. The van der Waals surface area contributed by atoms with Crippen molar-refractivity contribution in [3.8, 4) is 11.5 Å². The molecule has 0 fully saturated rings. The number of hydrogen-bond acceptors (Lipinski definition) is 4. The second kappa shape index (κ2) is 7.46. The summed E-state index contributed by atoms with van der Waals surface area (Å²) < 4.78 is 15.6. The van der Waals surface area contributed by atoms with Gasteiger partial charge in [-0.05, 0) is 31.0 Å². The molecule has 0 amide bonds. The molecular formula is C15H20O4. The number of carbonyl (C=O) groups excluding carboxylic acids is 1. The third kappa shape index (κ3) is 4.32. The van der Waals surface area contributed by atoms with Crippen molar-refractivity contribution in [1.29, 1.82) is 0 Å². The number of hydrogen-bond donors (Lipinski definition) is 0. The lowest BCUT2D eigenvalue weighted by Crippen LogP contribution is -2.13. The third-order valence-electron chi connectivity index (χ3n) is 2.60. The van der Waals surface area contributed by atoms with Crippen LogP contribution in [0.1, 0.15) is 19.4 Å². The molecule has 4 heteroatoms. The summed E-state index contributed by atoms with van der Waals surface area (Å²) in [6, 6.07) is 5.71. The highest BCUT2D eigenvalue weighted by Gasteiger charge is 2.11. The zero-order valence-corrected chi connectivity index (χ0v) is 11.7. The average molecular weight is 264 g/mol. The number of benzene rings is 1. The van der Waals surface area contributed by atoms with Crippen molar-refractivity contribution in [1.82, 2.24) is 0 Å². The van der Waals surface area contributed by atoms with Crippen molar-refractivity contribution in [3.05, 3.63) is 35.9 Å². The zero-order valence-electron chi connectivity index (χ0n) is 11.7. The Morgan fingerprint density at radius 3 is 2.58 bits per heavy atom. The molecule has 1 rings (SSSR count). The van der Waals surface area contributed by atoms with Crippen LogP contribution < -0.4 is 9.47 Å². The summed E-state index contributed by atoms with van der Waals surface area (Å²) in [4.78, 5) is 11.4. The van der Waals surface area contributed by atoms with Crippen molar-refractivity contribution in [3.63, 3.8) is 0 Å². The first kappa shape index (κ1) is 15.1. The van der Waals surface area contributed by atoms with Crippen molar-refractivity contribution in [2.45, 2.75) is 20.3 Å². The Morgan fingerprint density at radius 2 is 2.00 bits per heavy atom. The van der Waals surface area contributed by atoms with Gasteiger partial charge in [-0.1, -0.05) is 19.6 Å². The molecule has 0 N–H and O–H groups in total. The van der Waals surface area contributed by atoms with Gasteiger partial charge in [-0.25, -0.2) is 4.79 Å².